The molecule has 7 heteroatoms. The van der Waals surface area contributed by atoms with Crippen LogP contribution < -0.4 is 0 Å². The van der Waals surface area contributed by atoms with Gasteiger partial charge in [0.2, 0.25) is 0 Å². The van der Waals surface area contributed by atoms with Gasteiger partial charge in [0, 0.05) is 31.5 Å². The Labute approximate surface area is 131 Å². The normalized spacial score (nSPS) is 22.0. The number of halogens is 1. The number of nitrogens with zero attached hydrogens (tertiary/aromatic N) is 2. The van der Waals surface area contributed by atoms with Gasteiger partial charge in [-0.2, -0.15) is 0 Å². The second-order valence-corrected chi connectivity index (χ2v) is 7.00. The molecule has 3 heterocycles. The number of likely N-dealkylation sites (tertiary alicyclic amines) is 1. The molecule has 1 fully saturated rings. The van der Waals surface area contributed by atoms with Crippen molar-refractivity contribution in [2.75, 3.05) is 13.1 Å². The number of amides is 1. The number of aliphatic hydroxyl groups excluding tert-OH is 1. The standard InChI is InChI=1S/C14H15ClN2O3S/c1-8-4-10(20-16-8)5-9-6-17(7-11(9)18)14(19)12-2-3-13(15)21-12/h2-4,9,11,18H,5-7H2,1H3/t9-,11-/m1/s1. The van der Waals surface area contributed by atoms with E-state index in [2.05, 4.69) is 5.16 Å². The minimum Gasteiger partial charge on any atom is -0.391 e. The third kappa shape index (κ3) is 3.12. The van der Waals surface area contributed by atoms with Crippen molar-refractivity contribution in [2.24, 2.45) is 5.92 Å². The quantitative estimate of drug-likeness (QED) is 0.940. The lowest BCUT2D eigenvalue weighted by Crippen LogP contribution is -2.28. The molecule has 3 rings (SSSR count). The zero-order valence-electron chi connectivity index (χ0n) is 11.5. The van der Waals surface area contributed by atoms with Gasteiger partial charge < -0.3 is 14.5 Å². The first-order chi connectivity index (χ1) is 10.0. The lowest BCUT2D eigenvalue weighted by atomic mass is 10.0. The first-order valence-electron chi connectivity index (χ1n) is 6.68. The van der Waals surface area contributed by atoms with Crippen molar-refractivity contribution in [1.82, 2.24) is 10.1 Å². The number of carbonyl (C=O) groups excluding carboxylic acids is 1. The van der Waals surface area contributed by atoms with E-state index in [-0.39, 0.29) is 11.8 Å². The van der Waals surface area contributed by atoms with Gasteiger partial charge in [-0.3, -0.25) is 4.79 Å². The second-order valence-electron chi connectivity index (χ2n) is 5.28. The Kier molecular flexibility index (Phi) is 4.01. The van der Waals surface area contributed by atoms with Gasteiger partial charge in [-0.25, -0.2) is 0 Å². The first-order valence-corrected chi connectivity index (χ1v) is 7.87. The molecule has 21 heavy (non-hydrogen) atoms. The van der Waals surface area contributed by atoms with Crippen LogP contribution in [0.1, 0.15) is 21.1 Å². The Bertz CT molecular complexity index is 654. The summed E-state index contributed by atoms with van der Waals surface area (Å²) in [5, 5.41) is 14.0. The molecule has 5 nitrogen and oxygen atoms in total. The Morgan fingerprint density at radius 3 is 3.00 bits per heavy atom. The average molecular weight is 327 g/mol. The zero-order chi connectivity index (χ0) is 15.0. The Hall–Kier alpha value is -1.37. The molecule has 0 aromatic carbocycles. The predicted octanol–water partition coefficient (Wildman–Crippen LogP) is 2.37. The van der Waals surface area contributed by atoms with Gasteiger partial charge in [-0.1, -0.05) is 16.8 Å². The second kappa shape index (κ2) is 5.79. The number of rotatable bonds is 3. The van der Waals surface area contributed by atoms with Gasteiger partial charge in [-0.05, 0) is 19.1 Å². The highest BCUT2D eigenvalue weighted by molar-refractivity contribution is 7.17. The molecule has 0 radical (unpaired) electrons. The van der Waals surface area contributed by atoms with Crippen LogP contribution in [0.25, 0.3) is 0 Å². The number of aliphatic hydroxyl groups is 1. The van der Waals surface area contributed by atoms with E-state index in [4.69, 9.17) is 16.1 Å². The van der Waals surface area contributed by atoms with Crippen LogP contribution in [-0.2, 0) is 6.42 Å². The van der Waals surface area contributed by atoms with Crippen molar-refractivity contribution in [3.05, 3.63) is 38.9 Å². The minimum absolute atomic E-state index is 0.0308. The monoisotopic (exact) mass is 326 g/mol. The fraction of sp³-hybridized carbons (Fsp3) is 0.429. The fourth-order valence-corrected chi connectivity index (χ4v) is 3.59. The van der Waals surface area contributed by atoms with Gasteiger partial charge in [-0.15, -0.1) is 11.3 Å². The summed E-state index contributed by atoms with van der Waals surface area (Å²) in [4.78, 5) is 14.6. The van der Waals surface area contributed by atoms with Crippen molar-refractivity contribution in [3.63, 3.8) is 0 Å². The summed E-state index contributed by atoms with van der Waals surface area (Å²) in [6, 6.07) is 5.28. The van der Waals surface area contributed by atoms with E-state index in [0.29, 0.717) is 28.7 Å². The Balaban J connectivity index is 1.66. The summed E-state index contributed by atoms with van der Waals surface area (Å²) in [7, 11) is 0. The van der Waals surface area contributed by atoms with E-state index in [1.165, 1.54) is 11.3 Å². The number of aromatic nitrogens is 1. The van der Waals surface area contributed by atoms with Crippen LogP contribution in [-0.4, -0.2) is 40.3 Å². The number of β-amino-alcohol motifs (C(OH)–C–C–N with tert-alkyl or cyclic N) is 1. The Morgan fingerprint density at radius 2 is 2.38 bits per heavy atom. The van der Waals surface area contributed by atoms with Crippen LogP contribution in [0.3, 0.4) is 0 Å². The topological polar surface area (TPSA) is 66.6 Å². The zero-order valence-corrected chi connectivity index (χ0v) is 13.0. The molecule has 2 aromatic rings. The molecule has 0 aliphatic carbocycles. The summed E-state index contributed by atoms with van der Waals surface area (Å²) in [6.45, 7) is 2.70. The van der Waals surface area contributed by atoms with Gasteiger partial charge >= 0.3 is 0 Å². The molecule has 1 amide bonds. The molecule has 0 bridgehead atoms. The van der Waals surface area contributed by atoms with Crippen LogP contribution in [0.4, 0.5) is 0 Å². The number of aryl methyl sites for hydroxylation is 1. The van der Waals surface area contributed by atoms with Gasteiger partial charge in [0.1, 0.15) is 5.76 Å². The summed E-state index contributed by atoms with van der Waals surface area (Å²) in [5.74, 6) is 0.629. The maximum atomic E-state index is 12.3. The van der Waals surface area contributed by atoms with Crippen LogP contribution in [0.2, 0.25) is 4.34 Å². The lowest BCUT2D eigenvalue weighted by Gasteiger charge is -2.14. The molecule has 0 unspecified atom stereocenters. The van der Waals surface area contributed by atoms with Crippen molar-refractivity contribution < 1.29 is 14.4 Å². The molecule has 1 N–H and O–H groups in total. The van der Waals surface area contributed by atoms with Crippen LogP contribution >= 0.6 is 22.9 Å². The first kappa shape index (κ1) is 14.6. The fourth-order valence-electron chi connectivity index (χ4n) is 2.58. The number of thiophene rings is 1. The summed E-state index contributed by atoms with van der Waals surface area (Å²) in [5.41, 5.74) is 0.818. The van der Waals surface area contributed by atoms with E-state index in [0.717, 1.165) is 11.5 Å². The van der Waals surface area contributed by atoms with Crippen LogP contribution in [0, 0.1) is 12.8 Å². The minimum atomic E-state index is -0.546. The van der Waals surface area contributed by atoms with Gasteiger partial charge in [0.25, 0.3) is 5.91 Å². The molecule has 2 aromatic heterocycles. The summed E-state index contributed by atoms with van der Waals surface area (Å²) in [6.07, 6.45) is 0.0339. The molecule has 112 valence electrons. The number of hydrogen-bond donors (Lipinski definition) is 1. The highest BCUT2D eigenvalue weighted by atomic mass is 35.5. The molecule has 1 aliphatic rings. The van der Waals surface area contributed by atoms with E-state index in [1.54, 1.807) is 17.0 Å². The highest BCUT2D eigenvalue weighted by Crippen LogP contribution is 2.27. The van der Waals surface area contributed by atoms with Crippen molar-refractivity contribution in [1.29, 1.82) is 0 Å². The smallest absolute Gasteiger partial charge is 0.264 e. The maximum Gasteiger partial charge on any atom is 0.264 e. The van der Waals surface area contributed by atoms with Crippen LogP contribution in [0.5, 0.6) is 0 Å². The molecule has 1 aliphatic heterocycles. The molecular formula is C14H15ClN2O3S. The van der Waals surface area contributed by atoms with Crippen molar-refractivity contribution in [2.45, 2.75) is 19.4 Å². The highest BCUT2D eigenvalue weighted by Gasteiger charge is 2.35. The molecular weight excluding hydrogens is 312 g/mol. The number of carbonyl (C=O) groups is 1. The maximum absolute atomic E-state index is 12.3. The molecule has 1 saturated heterocycles. The Morgan fingerprint density at radius 1 is 1.57 bits per heavy atom. The summed E-state index contributed by atoms with van der Waals surface area (Å²) >= 11 is 7.11. The van der Waals surface area contributed by atoms with Gasteiger partial charge in [0.05, 0.1) is 21.0 Å². The predicted molar refractivity (Wildman–Crippen MR) is 79.7 cm³/mol. The van der Waals surface area contributed by atoms with E-state index in [1.807, 2.05) is 13.0 Å². The van der Waals surface area contributed by atoms with Crippen molar-refractivity contribution in [3.8, 4) is 0 Å². The lowest BCUT2D eigenvalue weighted by molar-refractivity contribution is 0.0769. The molecule has 2 atom stereocenters. The third-order valence-electron chi connectivity index (χ3n) is 3.62. The van der Waals surface area contributed by atoms with E-state index < -0.39 is 6.10 Å². The van der Waals surface area contributed by atoms with E-state index >= 15 is 0 Å². The van der Waals surface area contributed by atoms with Gasteiger partial charge in [0.15, 0.2) is 0 Å². The SMILES string of the molecule is Cc1cc(C[C@@H]2CN(C(=O)c3ccc(Cl)s3)C[C@H]2O)on1. The number of hydrogen-bond acceptors (Lipinski definition) is 5. The molecule has 0 saturated carbocycles. The molecule has 0 spiro atoms. The third-order valence-corrected chi connectivity index (χ3v) is 4.84. The summed E-state index contributed by atoms with van der Waals surface area (Å²) < 4.78 is 5.77. The van der Waals surface area contributed by atoms with E-state index in [9.17, 15) is 9.90 Å². The van der Waals surface area contributed by atoms with Crippen LogP contribution in [0.15, 0.2) is 22.7 Å². The van der Waals surface area contributed by atoms with Crippen molar-refractivity contribution >= 4 is 28.8 Å². The largest absolute Gasteiger partial charge is 0.391 e. The average Bonchev–Trinajstić information content (AvgIpc) is 3.12.